The van der Waals surface area contributed by atoms with E-state index in [2.05, 4.69) is 42.3 Å². The molecule has 0 bridgehead atoms. The lowest BCUT2D eigenvalue weighted by atomic mass is 10.1. The molecule has 0 aliphatic rings. The molecular weight excluding hydrogens is 448 g/mol. The molecule has 0 saturated heterocycles. The van der Waals surface area contributed by atoms with E-state index in [0.29, 0.717) is 17.0 Å². The highest BCUT2D eigenvalue weighted by Gasteiger charge is 2.19. The van der Waals surface area contributed by atoms with Gasteiger partial charge in [0.2, 0.25) is 5.91 Å². The van der Waals surface area contributed by atoms with Crippen molar-refractivity contribution in [2.24, 2.45) is 0 Å². The Balaban J connectivity index is 1.44. The SMILES string of the molecule is Cc1cc(C)cc(-n2ccnc2SCC(=O)N(C)c2ccccc2C(=O)NCc2ccco2)c1. The summed E-state index contributed by atoms with van der Waals surface area (Å²) in [6.07, 6.45) is 5.18. The Morgan fingerprint density at radius 1 is 1.09 bits per heavy atom. The number of anilines is 1. The molecule has 0 aliphatic carbocycles. The molecule has 8 heteroatoms. The molecule has 7 nitrogen and oxygen atoms in total. The summed E-state index contributed by atoms with van der Waals surface area (Å²) >= 11 is 1.36. The molecule has 2 aromatic carbocycles. The Morgan fingerprint density at radius 2 is 1.85 bits per heavy atom. The quantitative estimate of drug-likeness (QED) is 0.372. The molecule has 0 fully saturated rings. The van der Waals surface area contributed by atoms with Gasteiger partial charge < -0.3 is 14.6 Å². The van der Waals surface area contributed by atoms with Crippen LogP contribution in [0.15, 0.2) is 82.8 Å². The summed E-state index contributed by atoms with van der Waals surface area (Å²) < 4.78 is 7.25. The number of thioether (sulfide) groups is 1. The van der Waals surface area contributed by atoms with Crippen molar-refractivity contribution in [3.63, 3.8) is 0 Å². The molecule has 0 spiro atoms. The molecule has 0 radical (unpaired) electrons. The first-order chi connectivity index (χ1) is 16.4. The van der Waals surface area contributed by atoms with Crippen LogP contribution in [0, 0.1) is 13.8 Å². The Kier molecular flexibility index (Phi) is 7.18. The second-order valence-electron chi connectivity index (χ2n) is 7.95. The molecule has 0 saturated carbocycles. The van der Waals surface area contributed by atoms with Gasteiger partial charge >= 0.3 is 0 Å². The van der Waals surface area contributed by atoms with Crippen LogP contribution in [0.1, 0.15) is 27.2 Å². The third-order valence-corrected chi connectivity index (χ3v) is 6.26. The number of hydrogen-bond donors (Lipinski definition) is 1. The summed E-state index contributed by atoms with van der Waals surface area (Å²) in [6, 6.07) is 16.9. The predicted molar refractivity (Wildman–Crippen MR) is 133 cm³/mol. The van der Waals surface area contributed by atoms with Crippen molar-refractivity contribution in [3.8, 4) is 5.69 Å². The van der Waals surface area contributed by atoms with E-state index in [0.717, 1.165) is 22.0 Å². The molecule has 1 N–H and O–H groups in total. The standard InChI is InChI=1S/C26H26N4O3S/c1-18-13-19(2)15-20(14-18)30-11-10-27-26(30)34-17-24(31)29(3)23-9-5-4-8-22(23)25(32)28-16-21-7-6-12-33-21/h4-15H,16-17H2,1-3H3,(H,28,32). The summed E-state index contributed by atoms with van der Waals surface area (Å²) in [5, 5.41) is 3.57. The maximum atomic E-state index is 13.0. The zero-order valence-corrected chi connectivity index (χ0v) is 20.1. The zero-order chi connectivity index (χ0) is 24.1. The Bertz CT molecular complexity index is 1280. The van der Waals surface area contributed by atoms with Crippen molar-refractivity contribution in [2.75, 3.05) is 17.7 Å². The van der Waals surface area contributed by atoms with Gasteiger partial charge in [-0.25, -0.2) is 4.98 Å². The molecule has 174 valence electrons. The lowest BCUT2D eigenvalue weighted by Gasteiger charge is -2.20. The molecule has 0 unspecified atom stereocenters. The number of hydrogen-bond acceptors (Lipinski definition) is 5. The molecule has 2 amide bonds. The number of furan rings is 1. The van der Waals surface area contributed by atoms with E-state index in [4.69, 9.17) is 4.42 Å². The Hall–Kier alpha value is -3.78. The van der Waals surface area contributed by atoms with Crippen LogP contribution in [0.5, 0.6) is 0 Å². The van der Waals surface area contributed by atoms with Crippen molar-refractivity contribution in [1.29, 1.82) is 0 Å². The van der Waals surface area contributed by atoms with Gasteiger partial charge in [0.25, 0.3) is 5.91 Å². The zero-order valence-electron chi connectivity index (χ0n) is 19.3. The summed E-state index contributed by atoms with van der Waals surface area (Å²) in [4.78, 5) is 31.8. The molecule has 0 aliphatic heterocycles. The maximum absolute atomic E-state index is 13.0. The minimum absolute atomic E-state index is 0.133. The number of carbonyl (C=O) groups is 2. The van der Waals surface area contributed by atoms with E-state index >= 15 is 0 Å². The Labute approximate surface area is 202 Å². The van der Waals surface area contributed by atoms with Crippen LogP contribution in [0.4, 0.5) is 5.69 Å². The van der Waals surface area contributed by atoms with Crippen LogP contribution in [-0.4, -0.2) is 34.2 Å². The van der Waals surface area contributed by atoms with Gasteiger partial charge in [0.15, 0.2) is 5.16 Å². The van der Waals surface area contributed by atoms with Gasteiger partial charge in [0.05, 0.1) is 29.8 Å². The van der Waals surface area contributed by atoms with Crippen LogP contribution in [0.2, 0.25) is 0 Å². The summed E-state index contributed by atoms with van der Waals surface area (Å²) in [5.41, 5.74) is 4.31. The van der Waals surface area contributed by atoms with Gasteiger partial charge in [-0.15, -0.1) is 0 Å². The van der Waals surface area contributed by atoms with E-state index in [1.54, 1.807) is 49.8 Å². The largest absolute Gasteiger partial charge is 0.467 e. The monoisotopic (exact) mass is 474 g/mol. The van der Waals surface area contributed by atoms with Crippen molar-refractivity contribution in [2.45, 2.75) is 25.5 Å². The third-order valence-electron chi connectivity index (χ3n) is 5.30. The highest BCUT2D eigenvalue weighted by atomic mass is 32.2. The van der Waals surface area contributed by atoms with Crippen LogP contribution < -0.4 is 10.2 Å². The first-order valence-corrected chi connectivity index (χ1v) is 11.8. The number of benzene rings is 2. The number of rotatable bonds is 8. The van der Waals surface area contributed by atoms with Gasteiger partial charge in [0.1, 0.15) is 5.76 Å². The highest BCUT2D eigenvalue weighted by Crippen LogP contribution is 2.25. The van der Waals surface area contributed by atoms with Gasteiger partial charge in [0, 0.05) is 25.1 Å². The summed E-state index contributed by atoms with van der Waals surface area (Å²) in [6.45, 7) is 4.39. The van der Waals surface area contributed by atoms with Crippen molar-refractivity contribution in [3.05, 3.63) is 95.7 Å². The first kappa shape index (κ1) is 23.4. The number of carbonyl (C=O) groups excluding carboxylic acids is 2. The second kappa shape index (κ2) is 10.4. The van der Waals surface area contributed by atoms with Gasteiger partial charge in [-0.3, -0.25) is 14.2 Å². The number of nitrogens with zero attached hydrogens (tertiary/aromatic N) is 3. The summed E-state index contributed by atoms with van der Waals surface area (Å²) in [5.74, 6) is 0.433. The number of imidazole rings is 1. The first-order valence-electron chi connectivity index (χ1n) is 10.8. The molecule has 0 atom stereocenters. The number of para-hydroxylation sites is 1. The third kappa shape index (κ3) is 5.40. The Morgan fingerprint density at radius 3 is 2.59 bits per heavy atom. The number of aryl methyl sites for hydroxylation is 2. The summed E-state index contributed by atoms with van der Waals surface area (Å²) in [7, 11) is 1.68. The fourth-order valence-corrected chi connectivity index (χ4v) is 4.56. The highest BCUT2D eigenvalue weighted by molar-refractivity contribution is 7.99. The normalized spacial score (nSPS) is 10.8. The second-order valence-corrected chi connectivity index (χ2v) is 8.89. The topological polar surface area (TPSA) is 80.4 Å². The molecule has 34 heavy (non-hydrogen) atoms. The lowest BCUT2D eigenvalue weighted by molar-refractivity contribution is -0.115. The fraction of sp³-hybridized carbons (Fsp3) is 0.192. The van der Waals surface area contributed by atoms with Crippen molar-refractivity contribution >= 4 is 29.3 Å². The molecular formula is C26H26N4O3S. The molecule has 2 heterocycles. The van der Waals surface area contributed by atoms with Crippen molar-refractivity contribution in [1.82, 2.24) is 14.9 Å². The van der Waals surface area contributed by atoms with E-state index in [9.17, 15) is 9.59 Å². The smallest absolute Gasteiger partial charge is 0.253 e. The fourth-order valence-electron chi connectivity index (χ4n) is 3.67. The average Bonchev–Trinajstić information content (AvgIpc) is 3.52. The number of aromatic nitrogens is 2. The van der Waals surface area contributed by atoms with Gasteiger partial charge in [-0.05, 0) is 61.4 Å². The van der Waals surface area contributed by atoms with E-state index < -0.39 is 0 Å². The van der Waals surface area contributed by atoms with Crippen LogP contribution in [-0.2, 0) is 11.3 Å². The molecule has 4 rings (SSSR count). The minimum atomic E-state index is -0.273. The van der Waals surface area contributed by atoms with Gasteiger partial charge in [-0.2, -0.15) is 0 Å². The minimum Gasteiger partial charge on any atom is -0.467 e. The van der Waals surface area contributed by atoms with Crippen LogP contribution in [0.3, 0.4) is 0 Å². The number of nitrogens with one attached hydrogen (secondary N) is 1. The molecule has 2 aromatic heterocycles. The number of amides is 2. The average molecular weight is 475 g/mol. The predicted octanol–water partition coefficient (Wildman–Crippen LogP) is 4.77. The maximum Gasteiger partial charge on any atom is 0.253 e. The van der Waals surface area contributed by atoms with E-state index in [1.165, 1.54) is 16.7 Å². The molecule has 4 aromatic rings. The lowest BCUT2D eigenvalue weighted by Crippen LogP contribution is -2.31. The van der Waals surface area contributed by atoms with Gasteiger partial charge in [-0.1, -0.05) is 30.0 Å². The van der Waals surface area contributed by atoms with Crippen LogP contribution in [0.25, 0.3) is 5.69 Å². The van der Waals surface area contributed by atoms with Crippen molar-refractivity contribution < 1.29 is 14.0 Å². The van der Waals surface area contributed by atoms with Crippen LogP contribution >= 0.6 is 11.8 Å². The van der Waals surface area contributed by atoms with E-state index in [1.807, 2.05) is 16.8 Å². The van der Waals surface area contributed by atoms with E-state index in [-0.39, 0.29) is 24.1 Å².